The highest BCUT2D eigenvalue weighted by molar-refractivity contribution is 6.80. The van der Waals surface area contributed by atoms with Crippen molar-refractivity contribution in [3.63, 3.8) is 0 Å². The molecule has 0 N–H and O–H groups in total. The van der Waals surface area contributed by atoms with E-state index in [1.54, 1.807) is 0 Å². The molecule has 0 bridgehead atoms. The summed E-state index contributed by atoms with van der Waals surface area (Å²) < 4.78 is 0. The van der Waals surface area contributed by atoms with Gasteiger partial charge in [-0.3, -0.25) is 0 Å². The Morgan fingerprint density at radius 1 is 1.00 bits per heavy atom. The van der Waals surface area contributed by atoms with Gasteiger partial charge in [-0.15, -0.1) is 0 Å². The fourth-order valence-corrected chi connectivity index (χ4v) is 1.14. The van der Waals surface area contributed by atoms with Crippen LogP contribution in [0.4, 0.5) is 0 Å². The molecular formula is C8H16Si. The van der Waals surface area contributed by atoms with Gasteiger partial charge in [-0.1, -0.05) is 43.6 Å². The Labute approximate surface area is 59.3 Å². The van der Waals surface area contributed by atoms with E-state index in [1.807, 2.05) is 6.92 Å². The fourth-order valence-electron chi connectivity index (χ4n) is 0.455. The van der Waals surface area contributed by atoms with Gasteiger partial charge in [0.2, 0.25) is 0 Å². The summed E-state index contributed by atoms with van der Waals surface area (Å²) in [6.07, 6.45) is 6.28. The molecule has 0 spiro atoms. The van der Waals surface area contributed by atoms with E-state index in [-0.39, 0.29) is 0 Å². The third-order valence-electron chi connectivity index (χ3n) is 0.900. The molecule has 0 nitrogen and oxygen atoms in total. The second-order valence-corrected chi connectivity index (χ2v) is 8.32. The van der Waals surface area contributed by atoms with Crippen LogP contribution >= 0.6 is 0 Å². The van der Waals surface area contributed by atoms with Crippen LogP contribution < -0.4 is 0 Å². The molecule has 0 aliphatic rings. The fraction of sp³-hybridized carbons (Fsp3) is 0.500. The molecule has 0 aliphatic heterocycles. The lowest BCUT2D eigenvalue weighted by Crippen LogP contribution is -2.14. The Morgan fingerprint density at radius 3 is 1.89 bits per heavy atom. The van der Waals surface area contributed by atoms with Crippen molar-refractivity contribution in [2.75, 3.05) is 0 Å². The zero-order chi connectivity index (χ0) is 7.33. The Morgan fingerprint density at radius 2 is 1.56 bits per heavy atom. The minimum Gasteiger partial charge on any atom is -0.0950 e. The lowest BCUT2D eigenvalue weighted by Gasteiger charge is -2.06. The van der Waals surface area contributed by atoms with Gasteiger partial charge in [-0.2, -0.15) is 0 Å². The van der Waals surface area contributed by atoms with E-state index in [4.69, 9.17) is 0 Å². The molecule has 0 aromatic carbocycles. The summed E-state index contributed by atoms with van der Waals surface area (Å²) in [4.78, 5) is 0. The van der Waals surface area contributed by atoms with Crippen LogP contribution in [0.1, 0.15) is 6.92 Å². The summed E-state index contributed by atoms with van der Waals surface area (Å²) in [6, 6.07) is 0. The van der Waals surface area contributed by atoms with Gasteiger partial charge < -0.3 is 0 Å². The molecule has 0 saturated carbocycles. The molecular weight excluding hydrogens is 124 g/mol. The maximum Gasteiger partial charge on any atom is 0.0686 e. The predicted molar refractivity (Wildman–Crippen MR) is 47.3 cm³/mol. The molecule has 0 amide bonds. The molecule has 0 aliphatic carbocycles. The number of allylic oxidation sites excluding steroid dienone is 3. The third-order valence-corrected chi connectivity index (χ3v) is 2.09. The van der Waals surface area contributed by atoms with Crippen molar-refractivity contribution in [2.45, 2.75) is 26.6 Å². The minimum atomic E-state index is -0.926. The standard InChI is InChI=1S/C8H16Si/c1-5-6-7-8-9(2,3)4/h5-8H,1-4H3/b6-5-,8-7-. The first-order chi connectivity index (χ1) is 4.06. The smallest absolute Gasteiger partial charge is 0.0686 e. The second kappa shape index (κ2) is 3.67. The van der Waals surface area contributed by atoms with E-state index < -0.39 is 8.07 Å². The maximum atomic E-state index is 2.33. The molecule has 52 valence electrons. The van der Waals surface area contributed by atoms with E-state index in [0.29, 0.717) is 0 Å². The van der Waals surface area contributed by atoms with Crippen molar-refractivity contribution in [2.24, 2.45) is 0 Å². The second-order valence-electron chi connectivity index (χ2n) is 3.25. The largest absolute Gasteiger partial charge is 0.0950 e. The van der Waals surface area contributed by atoms with Crippen LogP contribution in [0.3, 0.4) is 0 Å². The van der Waals surface area contributed by atoms with Gasteiger partial charge >= 0.3 is 0 Å². The van der Waals surface area contributed by atoms with Crippen LogP contribution in [0.15, 0.2) is 23.9 Å². The van der Waals surface area contributed by atoms with Crippen molar-refractivity contribution in [1.29, 1.82) is 0 Å². The first kappa shape index (κ1) is 8.70. The topological polar surface area (TPSA) is 0 Å². The Kier molecular flexibility index (Phi) is 3.55. The number of hydrogen-bond acceptors (Lipinski definition) is 0. The molecule has 9 heavy (non-hydrogen) atoms. The van der Waals surface area contributed by atoms with Gasteiger partial charge in [-0.25, -0.2) is 0 Å². The first-order valence-corrected chi connectivity index (χ1v) is 6.94. The normalized spacial score (nSPS) is 13.8. The zero-order valence-corrected chi connectivity index (χ0v) is 7.81. The van der Waals surface area contributed by atoms with E-state index >= 15 is 0 Å². The molecule has 0 rings (SSSR count). The van der Waals surface area contributed by atoms with Gasteiger partial charge in [0.15, 0.2) is 0 Å². The molecule has 0 fully saturated rings. The van der Waals surface area contributed by atoms with Crippen LogP contribution in [-0.4, -0.2) is 8.07 Å². The lowest BCUT2D eigenvalue weighted by atomic mass is 10.5. The van der Waals surface area contributed by atoms with Gasteiger partial charge in [0.25, 0.3) is 0 Å². The van der Waals surface area contributed by atoms with Crippen molar-refractivity contribution in [3.05, 3.63) is 23.9 Å². The average molecular weight is 140 g/mol. The van der Waals surface area contributed by atoms with Gasteiger partial charge in [0.1, 0.15) is 0 Å². The Bertz CT molecular complexity index is 115. The van der Waals surface area contributed by atoms with E-state index in [9.17, 15) is 0 Å². The van der Waals surface area contributed by atoms with Gasteiger partial charge in [0.05, 0.1) is 8.07 Å². The van der Waals surface area contributed by atoms with Gasteiger partial charge in [0, 0.05) is 0 Å². The van der Waals surface area contributed by atoms with E-state index in [1.165, 1.54) is 0 Å². The highest BCUT2D eigenvalue weighted by Gasteiger charge is 2.04. The number of hydrogen-bond donors (Lipinski definition) is 0. The molecule has 0 saturated heterocycles. The molecule has 0 aromatic heterocycles. The lowest BCUT2D eigenvalue weighted by molar-refractivity contribution is 1.71. The monoisotopic (exact) mass is 140 g/mol. The van der Waals surface area contributed by atoms with E-state index in [2.05, 4.69) is 43.6 Å². The van der Waals surface area contributed by atoms with Crippen molar-refractivity contribution >= 4 is 8.07 Å². The summed E-state index contributed by atoms with van der Waals surface area (Å²) in [5, 5.41) is 0. The van der Waals surface area contributed by atoms with E-state index in [0.717, 1.165) is 0 Å². The number of rotatable bonds is 2. The summed E-state index contributed by atoms with van der Waals surface area (Å²) in [7, 11) is -0.926. The Balaban J connectivity index is 3.71. The minimum absolute atomic E-state index is 0.926. The van der Waals surface area contributed by atoms with Crippen LogP contribution in [-0.2, 0) is 0 Å². The summed E-state index contributed by atoms with van der Waals surface area (Å²) in [5.74, 6) is 0. The highest BCUT2D eigenvalue weighted by Crippen LogP contribution is 2.01. The van der Waals surface area contributed by atoms with Crippen molar-refractivity contribution in [3.8, 4) is 0 Å². The van der Waals surface area contributed by atoms with Crippen molar-refractivity contribution in [1.82, 2.24) is 0 Å². The van der Waals surface area contributed by atoms with Crippen LogP contribution in [0.25, 0.3) is 0 Å². The molecule has 0 unspecified atom stereocenters. The Hall–Kier alpha value is -0.303. The van der Waals surface area contributed by atoms with Crippen molar-refractivity contribution < 1.29 is 0 Å². The molecule has 0 aromatic rings. The SMILES string of the molecule is C/C=C\C=C/[Si](C)(C)C. The molecule has 0 atom stereocenters. The summed E-state index contributed by atoms with van der Waals surface area (Å²) >= 11 is 0. The quantitative estimate of drug-likeness (QED) is 0.408. The molecule has 1 heteroatoms. The molecule has 0 radical (unpaired) electrons. The van der Waals surface area contributed by atoms with Crippen LogP contribution in [0.2, 0.25) is 19.6 Å². The summed E-state index contributed by atoms with van der Waals surface area (Å²) in [5.41, 5.74) is 2.33. The molecule has 0 heterocycles. The van der Waals surface area contributed by atoms with Crippen LogP contribution in [0, 0.1) is 0 Å². The third kappa shape index (κ3) is 7.70. The summed E-state index contributed by atoms with van der Waals surface area (Å²) in [6.45, 7) is 9.02. The van der Waals surface area contributed by atoms with Gasteiger partial charge in [-0.05, 0) is 6.92 Å². The predicted octanol–water partition coefficient (Wildman–Crippen LogP) is 3.00. The maximum absolute atomic E-state index is 2.33. The van der Waals surface area contributed by atoms with Crippen LogP contribution in [0.5, 0.6) is 0 Å². The zero-order valence-electron chi connectivity index (χ0n) is 6.81. The highest BCUT2D eigenvalue weighted by atomic mass is 28.3. The first-order valence-electron chi connectivity index (χ1n) is 3.37. The average Bonchev–Trinajstić information content (AvgIpc) is 1.63.